The smallest absolute Gasteiger partial charge is 0.0916 e. The molecule has 1 unspecified atom stereocenters. The van der Waals surface area contributed by atoms with E-state index in [1.54, 1.807) is 0 Å². The molecular formula is C18H30N2O. The molecule has 1 heterocycles. The lowest BCUT2D eigenvalue weighted by Gasteiger charge is -2.33. The molecule has 1 aromatic carbocycles. The van der Waals surface area contributed by atoms with Gasteiger partial charge >= 0.3 is 0 Å². The van der Waals surface area contributed by atoms with E-state index in [1.165, 1.54) is 12.8 Å². The molecule has 1 aliphatic heterocycles. The average molecular weight is 290 g/mol. The lowest BCUT2D eigenvalue weighted by molar-refractivity contribution is 0.0890. The molecular weight excluding hydrogens is 260 g/mol. The zero-order chi connectivity index (χ0) is 15.1. The van der Waals surface area contributed by atoms with E-state index in [4.69, 9.17) is 0 Å². The van der Waals surface area contributed by atoms with Gasteiger partial charge in [-0.3, -0.25) is 0 Å². The molecule has 118 valence electrons. The molecule has 2 rings (SSSR count). The van der Waals surface area contributed by atoms with Crippen LogP contribution in [0.2, 0.25) is 0 Å². The first-order chi connectivity index (χ1) is 10.1. The highest BCUT2D eigenvalue weighted by atomic mass is 16.3. The van der Waals surface area contributed by atoms with Crippen molar-refractivity contribution in [3.63, 3.8) is 0 Å². The minimum Gasteiger partial charge on any atom is -0.387 e. The summed E-state index contributed by atoms with van der Waals surface area (Å²) < 4.78 is 0. The van der Waals surface area contributed by atoms with Crippen molar-refractivity contribution in [2.45, 2.75) is 32.8 Å². The van der Waals surface area contributed by atoms with E-state index in [1.807, 2.05) is 30.3 Å². The van der Waals surface area contributed by atoms with Crippen LogP contribution in [0.3, 0.4) is 0 Å². The molecule has 3 heteroatoms. The average Bonchev–Trinajstić information content (AvgIpc) is 2.49. The van der Waals surface area contributed by atoms with Gasteiger partial charge in [0.05, 0.1) is 6.10 Å². The van der Waals surface area contributed by atoms with E-state index < -0.39 is 0 Å². The van der Waals surface area contributed by atoms with Gasteiger partial charge in [0, 0.05) is 6.54 Å². The predicted octanol–water partition coefficient (Wildman–Crippen LogP) is 2.68. The number of rotatable bonds is 7. The van der Waals surface area contributed by atoms with Gasteiger partial charge in [-0.15, -0.1) is 0 Å². The number of aliphatic hydroxyl groups is 1. The van der Waals surface area contributed by atoms with Gasteiger partial charge < -0.3 is 15.3 Å². The fourth-order valence-corrected chi connectivity index (χ4v) is 2.97. The SMILES string of the molecule is CC(C)CNCC1CCN(CC(O)c2ccccc2)CC1. The predicted molar refractivity (Wildman–Crippen MR) is 88.3 cm³/mol. The minimum atomic E-state index is -0.359. The lowest BCUT2D eigenvalue weighted by atomic mass is 9.96. The zero-order valence-corrected chi connectivity index (χ0v) is 13.5. The summed E-state index contributed by atoms with van der Waals surface area (Å²) >= 11 is 0. The Morgan fingerprint density at radius 2 is 1.86 bits per heavy atom. The lowest BCUT2D eigenvalue weighted by Crippen LogP contribution is -2.39. The summed E-state index contributed by atoms with van der Waals surface area (Å²) in [6.07, 6.45) is 2.13. The number of piperidine rings is 1. The molecule has 1 saturated heterocycles. The molecule has 0 spiro atoms. The van der Waals surface area contributed by atoms with Crippen LogP contribution in [-0.4, -0.2) is 42.7 Å². The molecule has 3 nitrogen and oxygen atoms in total. The number of benzene rings is 1. The van der Waals surface area contributed by atoms with Crippen molar-refractivity contribution >= 4 is 0 Å². The highest BCUT2D eigenvalue weighted by molar-refractivity contribution is 5.17. The number of nitrogens with zero attached hydrogens (tertiary/aromatic N) is 1. The molecule has 0 aliphatic carbocycles. The number of aliphatic hydroxyl groups excluding tert-OH is 1. The van der Waals surface area contributed by atoms with Gasteiger partial charge in [-0.1, -0.05) is 44.2 Å². The van der Waals surface area contributed by atoms with Crippen LogP contribution in [0.25, 0.3) is 0 Å². The van der Waals surface area contributed by atoms with Gasteiger partial charge in [-0.25, -0.2) is 0 Å². The van der Waals surface area contributed by atoms with Gasteiger partial charge in [-0.05, 0) is 56.4 Å². The Bertz CT molecular complexity index is 385. The van der Waals surface area contributed by atoms with E-state index in [0.717, 1.165) is 50.1 Å². The molecule has 21 heavy (non-hydrogen) atoms. The van der Waals surface area contributed by atoms with Crippen molar-refractivity contribution in [2.24, 2.45) is 11.8 Å². The normalized spacial score (nSPS) is 19.0. The van der Waals surface area contributed by atoms with E-state index >= 15 is 0 Å². The molecule has 2 N–H and O–H groups in total. The summed E-state index contributed by atoms with van der Waals surface area (Å²) in [5.41, 5.74) is 1.03. The summed E-state index contributed by atoms with van der Waals surface area (Å²) in [5, 5.41) is 13.9. The first kappa shape index (κ1) is 16.5. The van der Waals surface area contributed by atoms with Gasteiger partial charge in [0.25, 0.3) is 0 Å². The van der Waals surface area contributed by atoms with Crippen molar-refractivity contribution < 1.29 is 5.11 Å². The molecule has 0 amide bonds. The van der Waals surface area contributed by atoms with Gasteiger partial charge in [-0.2, -0.15) is 0 Å². The number of nitrogens with one attached hydrogen (secondary N) is 1. The van der Waals surface area contributed by atoms with Crippen molar-refractivity contribution in [2.75, 3.05) is 32.7 Å². The number of likely N-dealkylation sites (tertiary alicyclic amines) is 1. The second-order valence-corrected chi connectivity index (χ2v) is 6.72. The Kier molecular flexibility index (Phi) is 6.68. The summed E-state index contributed by atoms with van der Waals surface area (Å²) in [4.78, 5) is 2.40. The van der Waals surface area contributed by atoms with E-state index in [0.29, 0.717) is 0 Å². The molecule has 0 aromatic heterocycles. The largest absolute Gasteiger partial charge is 0.387 e. The minimum absolute atomic E-state index is 0.359. The van der Waals surface area contributed by atoms with E-state index in [2.05, 4.69) is 24.1 Å². The van der Waals surface area contributed by atoms with Crippen LogP contribution in [0.4, 0.5) is 0 Å². The van der Waals surface area contributed by atoms with Crippen LogP contribution in [0.5, 0.6) is 0 Å². The molecule has 1 fully saturated rings. The third-order valence-electron chi connectivity index (χ3n) is 4.31. The van der Waals surface area contributed by atoms with Crippen molar-refractivity contribution in [1.82, 2.24) is 10.2 Å². The Balaban J connectivity index is 1.67. The Morgan fingerprint density at radius 3 is 2.48 bits per heavy atom. The highest BCUT2D eigenvalue weighted by Crippen LogP contribution is 2.20. The Morgan fingerprint density at radius 1 is 1.19 bits per heavy atom. The summed E-state index contributed by atoms with van der Waals surface area (Å²) in [7, 11) is 0. The first-order valence-corrected chi connectivity index (χ1v) is 8.31. The van der Waals surface area contributed by atoms with Crippen LogP contribution in [0, 0.1) is 11.8 Å². The Hall–Kier alpha value is -0.900. The van der Waals surface area contributed by atoms with Gasteiger partial charge in [0.2, 0.25) is 0 Å². The van der Waals surface area contributed by atoms with Gasteiger partial charge in [0.1, 0.15) is 0 Å². The third kappa shape index (κ3) is 5.77. The monoisotopic (exact) mass is 290 g/mol. The molecule has 1 aliphatic rings. The number of hydrogen-bond acceptors (Lipinski definition) is 3. The summed E-state index contributed by atoms with van der Waals surface area (Å²) in [5.74, 6) is 1.53. The molecule has 1 aromatic rings. The molecule has 1 atom stereocenters. The second-order valence-electron chi connectivity index (χ2n) is 6.72. The maximum Gasteiger partial charge on any atom is 0.0916 e. The topological polar surface area (TPSA) is 35.5 Å². The van der Waals surface area contributed by atoms with Crippen molar-refractivity contribution in [1.29, 1.82) is 0 Å². The van der Waals surface area contributed by atoms with Crippen molar-refractivity contribution in [3.05, 3.63) is 35.9 Å². The quantitative estimate of drug-likeness (QED) is 0.810. The second kappa shape index (κ2) is 8.52. The maximum atomic E-state index is 10.3. The molecule has 0 saturated carbocycles. The highest BCUT2D eigenvalue weighted by Gasteiger charge is 2.21. The number of hydrogen-bond donors (Lipinski definition) is 2. The standard InChI is InChI=1S/C18H30N2O/c1-15(2)12-19-13-16-8-10-20(11-9-16)14-18(21)17-6-4-3-5-7-17/h3-7,15-16,18-19,21H,8-14H2,1-2H3. The van der Waals surface area contributed by atoms with Crippen LogP contribution in [0.1, 0.15) is 38.4 Å². The zero-order valence-electron chi connectivity index (χ0n) is 13.5. The first-order valence-electron chi connectivity index (χ1n) is 8.31. The van der Waals surface area contributed by atoms with E-state index in [-0.39, 0.29) is 6.10 Å². The fraction of sp³-hybridized carbons (Fsp3) is 0.667. The van der Waals surface area contributed by atoms with E-state index in [9.17, 15) is 5.11 Å². The fourth-order valence-electron chi connectivity index (χ4n) is 2.97. The van der Waals surface area contributed by atoms with Crippen LogP contribution < -0.4 is 5.32 Å². The third-order valence-corrected chi connectivity index (χ3v) is 4.31. The molecule has 0 bridgehead atoms. The van der Waals surface area contributed by atoms with Crippen LogP contribution in [0.15, 0.2) is 30.3 Å². The summed E-state index contributed by atoms with van der Waals surface area (Å²) in [6.45, 7) is 9.74. The Labute approximate surface area is 129 Å². The maximum absolute atomic E-state index is 10.3. The van der Waals surface area contributed by atoms with Crippen molar-refractivity contribution in [3.8, 4) is 0 Å². The van der Waals surface area contributed by atoms with Crippen LogP contribution >= 0.6 is 0 Å². The van der Waals surface area contributed by atoms with Gasteiger partial charge in [0.15, 0.2) is 0 Å². The molecule has 0 radical (unpaired) electrons. The number of β-amino-alcohol motifs (C(OH)–C–C–N with tert-alkyl or cyclic N) is 1. The van der Waals surface area contributed by atoms with Crippen LogP contribution in [-0.2, 0) is 0 Å². The summed E-state index contributed by atoms with van der Waals surface area (Å²) in [6, 6.07) is 9.99.